The summed E-state index contributed by atoms with van der Waals surface area (Å²) in [6, 6.07) is 25.2. The van der Waals surface area contributed by atoms with E-state index in [9.17, 15) is 38.6 Å². The van der Waals surface area contributed by atoms with E-state index in [2.05, 4.69) is 25.6 Å². The van der Waals surface area contributed by atoms with Gasteiger partial charge in [-0.3, -0.25) is 14.9 Å². The topological polar surface area (TPSA) is 258 Å². The molecule has 0 atom stereocenters. The third kappa shape index (κ3) is 8.25. The molecule has 0 aliphatic heterocycles. The number of para-hydroxylation sites is 1. The molecule has 6 aromatic rings. The summed E-state index contributed by atoms with van der Waals surface area (Å²) in [6.07, 6.45) is 0. The van der Waals surface area contributed by atoms with Gasteiger partial charge in [-0.25, -0.2) is 13.6 Å². The van der Waals surface area contributed by atoms with Crippen molar-refractivity contribution in [2.24, 2.45) is 25.6 Å². The molecule has 0 saturated heterocycles. The molecule has 5 aromatic carbocycles. The first-order valence-corrected chi connectivity index (χ1v) is 15.5. The van der Waals surface area contributed by atoms with Crippen LogP contribution in [-0.4, -0.2) is 18.0 Å². The van der Waals surface area contributed by atoms with Gasteiger partial charge in [0.25, 0.3) is 11.2 Å². The minimum atomic E-state index is -3.97. The van der Waals surface area contributed by atoms with Crippen molar-refractivity contribution in [2.75, 3.05) is 0 Å². The maximum absolute atomic E-state index is 12.4. The summed E-state index contributed by atoms with van der Waals surface area (Å²) in [5.74, 6) is -1.42. The summed E-state index contributed by atoms with van der Waals surface area (Å²) < 4.78 is 23.9. The fourth-order valence-corrected chi connectivity index (χ4v) is 4.89. The van der Waals surface area contributed by atoms with E-state index in [1.54, 1.807) is 49.4 Å². The fraction of sp³-hybridized carbons (Fsp3) is 0.0312. The zero-order valence-corrected chi connectivity index (χ0v) is 27.4. The maximum atomic E-state index is 12.4. The summed E-state index contributed by atoms with van der Waals surface area (Å²) in [5.41, 5.74) is -0.275. The van der Waals surface area contributed by atoms with Crippen LogP contribution in [0, 0.1) is 17.0 Å². The van der Waals surface area contributed by atoms with Crippen molar-refractivity contribution in [2.45, 2.75) is 11.8 Å². The average Bonchev–Trinajstić information content (AvgIpc) is 3.36. The van der Waals surface area contributed by atoms with Gasteiger partial charge in [0.15, 0.2) is 0 Å². The van der Waals surface area contributed by atoms with E-state index in [1.165, 1.54) is 10.7 Å². The Hall–Kier alpha value is -6.21. The van der Waals surface area contributed by atoms with Gasteiger partial charge in [-0.2, -0.15) is 15.3 Å². The number of hydrogen-bond acceptors (Lipinski definition) is 12. The van der Waals surface area contributed by atoms with Crippen molar-refractivity contribution in [1.29, 1.82) is 0 Å². The van der Waals surface area contributed by atoms with Crippen LogP contribution in [0.1, 0.15) is 7.12 Å². The van der Waals surface area contributed by atoms with Gasteiger partial charge in [0.1, 0.15) is 5.69 Å². The van der Waals surface area contributed by atoms with E-state index in [-0.39, 0.29) is 57.3 Å². The number of rotatable bonds is 7. The zero-order valence-electron chi connectivity index (χ0n) is 26.5. The summed E-state index contributed by atoms with van der Waals surface area (Å²) in [4.78, 5) is 22.3. The second-order valence-electron chi connectivity index (χ2n) is 10.1. The van der Waals surface area contributed by atoms with Gasteiger partial charge < -0.3 is 25.1 Å². The van der Waals surface area contributed by atoms with Crippen LogP contribution in [0.3, 0.4) is 0 Å². The Morgan fingerprint density at radius 3 is 2.00 bits per heavy atom. The molecule has 2 N–H and O–H groups in total. The Morgan fingerprint density at radius 2 is 1.34 bits per heavy atom. The number of fused-ring (bicyclic) bond motifs is 1. The number of primary sulfonamides is 1. The molecule has 0 radical (unpaired) electrons. The Balaban J connectivity index is 0.000000265. The number of nitro benzene ring substituents is 1. The zero-order chi connectivity index (χ0) is 35.3. The minimum Gasteiger partial charge on any atom is -0.871 e. The number of azo groups is 2. The van der Waals surface area contributed by atoms with Crippen LogP contribution in [0.4, 0.5) is 28.4 Å². The molecule has 0 aliphatic rings. The monoisotopic (exact) mass is 738 g/mol. The third-order valence-corrected chi connectivity index (χ3v) is 7.69. The van der Waals surface area contributed by atoms with Crippen LogP contribution in [0.25, 0.3) is 16.5 Å². The number of aromatic nitrogens is 2. The number of aryl methyl sites for hydroxylation is 1. The Bertz CT molecular complexity index is 2440. The van der Waals surface area contributed by atoms with E-state index >= 15 is 0 Å². The van der Waals surface area contributed by atoms with Gasteiger partial charge in [-0.1, -0.05) is 90.9 Å². The molecule has 1 aromatic heterocycles. The van der Waals surface area contributed by atoms with Gasteiger partial charge in [-0.05, 0) is 29.7 Å². The maximum Gasteiger partial charge on any atom is 3.00 e. The predicted octanol–water partition coefficient (Wildman–Crippen LogP) is 4.66. The van der Waals surface area contributed by atoms with Crippen molar-refractivity contribution in [1.82, 2.24) is 9.78 Å². The molecule has 0 aliphatic carbocycles. The number of nitro groups is 1. The van der Waals surface area contributed by atoms with E-state index in [0.717, 1.165) is 41.8 Å². The van der Waals surface area contributed by atoms with Crippen molar-refractivity contribution in [3.8, 4) is 22.9 Å². The second-order valence-corrected chi connectivity index (χ2v) is 11.7. The first kappa shape index (κ1) is 36.6. The molecular weight excluding hydrogens is 715 g/mol. The van der Waals surface area contributed by atoms with Crippen molar-refractivity contribution >= 4 is 49.2 Å². The van der Waals surface area contributed by atoms with Gasteiger partial charge in [0.2, 0.25) is 10.0 Å². The van der Waals surface area contributed by atoms with Gasteiger partial charge >= 0.3 is 18.2 Å². The summed E-state index contributed by atoms with van der Waals surface area (Å²) >= 11 is 0. The number of benzene rings is 5. The molecule has 0 amide bonds. The van der Waals surface area contributed by atoms with Gasteiger partial charge in [0, 0.05) is 23.2 Å². The number of sulfonamides is 1. The molecule has 50 heavy (non-hydrogen) atoms. The average molecular weight is 739 g/mol. The van der Waals surface area contributed by atoms with E-state index in [4.69, 9.17) is 5.14 Å². The van der Waals surface area contributed by atoms with Crippen LogP contribution in [0.5, 0.6) is 17.2 Å². The molecule has 16 nitrogen and oxygen atoms in total. The normalized spacial score (nSPS) is 11.3. The number of hydrogen-bond donors (Lipinski definition) is 1. The Labute approximate surface area is 294 Å². The van der Waals surface area contributed by atoms with Gasteiger partial charge in [-0.15, -0.1) is 10.8 Å². The predicted molar refractivity (Wildman–Crippen MR) is 173 cm³/mol. The number of nitrogens with two attached hydrogens (primary N) is 1. The molecule has 6 rings (SSSR count). The molecule has 0 saturated carbocycles. The van der Waals surface area contributed by atoms with Crippen molar-refractivity contribution in [3.05, 3.63) is 129 Å². The summed E-state index contributed by atoms with van der Waals surface area (Å²) in [6.45, 7) is 1.58. The molecule has 0 spiro atoms. The van der Waals surface area contributed by atoms with Crippen molar-refractivity contribution < 1.29 is 46.9 Å². The van der Waals surface area contributed by atoms with Crippen LogP contribution in [-0.2, 0) is 26.8 Å². The molecule has 0 unspecified atom stereocenters. The summed E-state index contributed by atoms with van der Waals surface area (Å²) in [7, 11) is -3.97. The molecular formula is C32H23CoN8O8S. The Morgan fingerprint density at radius 1 is 0.760 bits per heavy atom. The number of non-ortho nitro benzene ring substituents is 1. The third-order valence-electron chi connectivity index (χ3n) is 6.78. The fourth-order valence-electron chi connectivity index (χ4n) is 4.35. The Kier molecular flexibility index (Phi) is 11.2. The minimum absolute atomic E-state index is 0. The first-order valence-electron chi connectivity index (χ1n) is 14.0. The second kappa shape index (κ2) is 15.3. The SMILES string of the molecule is Cc1[n-]n(-c2ccccc2)c(=O)c1N=Nc1cc([N+](=O)[O-])ccc1[O-].NS(=O)(=O)c1ccc([O-])c(N=Nc2c([O-])ccc3ccccc23)c1.[Co+3].[H+]. The summed E-state index contributed by atoms with van der Waals surface area (Å²) in [5, 5.41) is 72.0. The largest absolute Gasteiger partial charge is 3.00 e. The van der Waals surface area contributed by atoms with E-state index < -0.39 is 32.0 Å². The van der Waals surface area contributed by atoms with E-state index in [1.807, 2.05) is 18.2 Å². The molecule has 0 fully saturated rings. The van der Waals surface area contributed by atoms with E-state index in [0.29, 0.717) is 16.8 Å². The van der Waals surface area contributed by atoms with Crippen molar-refractivity contribution in [3.63, 3.8) is 0 Å². The molecule has 18 heteroatoms. The smallest absolute Gasteiger partial charge is 0.871 e. The molecule has 0 bridgehead atoms. The number of nitrogens with zero attached hydrogens (tertiary/aromatic N) is 7. The van der Waals surface area contributed by atoms with Crippen LogP contribution >= 0.6 is 0 Å². The van der Waals surface area contributed by atoms with Crippen LogP contribution < -0.4 is 31.1 Å². The van der Waals surface area contributed by atoms with Crippen LogP contribution in [0.2, 0.25) is 0 Å². The quantitative estimate of drug-likeness (QED) is 0.135. The standard InChI is InChI=1S/C16H13N5O4.C16H13N3O4S.Co/c1-10-15(16(23)20(19-10)11-5-3-2-4-6-11)18-17-13-9-12(21(24)25)7-8-14(13)22;17-24(22,23)11-6-8-14(20)13(9-11)18-19-16-12-4-2-1-3-10(12)5-7-15(16)21;/h2-9H,1H3,(H2,17,18,19,22,23);1-9,20-21H,(H2,17,22,23);/q;;+3/p-3. The molecule has 254 valence electrons. The first-order chi connectivity index (χ1) is 23.3. The van der Waals surface area contributed by atoms with Crippen LogP contribution in [0.15, 0.2) is 133 Å². The van der Waals surface area contributed by atoms with Gasteiger partial charge in [0.05, 0.1) is 26.9 Å². The molecule has 1 heterocycles.